The van der Waals surface area contributed by atoms with Crippen LogP contribution in [0.4, 0.5) is 5.69 Å². The predicted molar refractivity (Wildman–Crippen MR) is 128 cm³/mol. The molecule has 2 aliphatic heterocycles. The second kappa shape index (κ2) is 8.12. The largest absolute Gasteiger partial charge is 0.368 e. The van der Waals surface area contributed by atoms with Crippen LogP contribution in [0.2, 0.25) is 0 Å². The monoisotopic (exact) mass is 447 g/mol. The van der Waals surface area contributed by atoms with Crippen molar-refractivity contribution in [2.75, 3.05) is 44.2 Å². The van der Waals surface area contributed by atoms with Gasteiger partial charge in [-0.05, 0) is 67.6 Å². The first kappa shape index (κ1) is 20.1. The van der Waals surface area contributed by atoms with Crippen LogP contribution < -0.4 is 4.90 Å². The molecule has 2 saturated heterocycles. The third-order valence-corrected chi connectivity index (χ3v) is 8.33. The van der Waals surface area contributed by atoms with Crippen molar-refractivity contribution in [3.05, 3.63) is 54.1 Å². The van der Waals surface area contributed by atoms with E-state index in [1.54, 1.807) is 0 Å². The van der Waals surface area contributed by atoms with Crippen molar-refractivity contribution < 1.29 is 4.79 Å². The van der Waals surface area contributed by atoms with Crippen molar-refractivity contribution in [2.24, 2.45) is 11.3 Å². The van der Waals surface area contributed by atoms with Crippen molar-refractivity contribution in [2.45, 2.75) is 25.8 Å². The molecule has 1 aromatic heterocycles. The van der Waals surface area contributed by atoms with Crippen molar-refractivity contribution >= 4 is 34.4 Å². The maximum absolute atomic E-state index is 13.2. The number of carbonyl (C=O) groups is 1. The summed E-state index contributed by atoms with van der Waals surface area (Å²) < 4.78 is 8.66. The molecule has 3 fully saturated rings. The Morgan fingerprint density at radius 1 is 0.938 bits per heavy atom. The quantitative estimate of drug-likeness (QED) is 0.611. The third-order valence-electron chi connectivity index (χ3n) is 7.78. The number of benzene rings is 2. The Balaban J connectivity index is 1.00. The number of fused-ring (bicyclic) bond motifs is 1. The summed E-state index contributed by atoms with van der Waals surface area (Å²) in [6.07, 6.45) is 3.39. The van der Waals surface area contributed by atoms with Gasteiger partial charge < -0.3 is 9.80 Å². The highest BCUT2D eigenvalue weighted by atomic mass is 32.1. The van der Waals surface area contributed by atoms with Crippen LogP contribution >= 0.6 is 11.7 Å². The zero-order chi connectivity index (χ0) is 21.5. The number of piperidine rings is 1. The third kappa shape index (κ3) is 3.77. The van der Waals surface area contributed by atoms with Gasteiger partial charge in [0.2, 0.25) is 5.91 Å². The fourth-order valence-electron chi connectivity index (χ4n) is 5.63. The van der Waals surface area contributed by atoms with Crippen LogP contribution in [-0.4, -0.2) is 63.7 Å². The highest BCUT2D eigenvalue weighted by Gasteiger charge is 2.59. The SMILES string of the molecule is O=C(C1CC12CCN(Cc1ccc3nsnc3c1)CC2)N1CCN(c2ccccc2)CC1. The van der Waals surface area contributed by atoms with E-state index in [1.165, 1.54) is 23.0 Å². The highest BCUT2D eigenvalue weighted by Crippen LogP contribution is 2.60. The molecule has 6 rings (SSSR count). The first-order valence-electron chi connectivity index (χ1n) is 11.7. The van der Waals surface area contributed by atoms with Crippen molar-refractivity contribution in [1.29, 1.82) is 0 Å². The number of aromatic nitrogens is 2. The first-order chi connectivity index (χ1) is 15.7. The van der Waals surface area contributed by atoms with Crippen LogP contribution in [0.15, 0.2) is 48.5 Å². The fraction of sp³-hybridized carbons (Fsp3) is 0.480. The number of para-hydroxylation sites is 1. The number of amides is 1. The topological polar surface area (TPSA) is 52.6 Å². The molecule has 3 heterocycles. The van der Waals surface area contributed by atoms with Crippen LogP contribution in [0, 0.1) is 11.3 Å². The number of rotatable bonds is 4. The number of carbonyl (C=O) groups excluding carboxylic acids is 1. The second-order valence-corrected chi connectivity index (χ2v) is 10.2. The molecular formula is C25H29N5OS. The van der Waals surface area contributed by atoms with Gasteiger partial charge in [-0.2, -0.15) is 8.75 Å². The zero-order valence-corrected chi connectivity index (χ0v) is 19.1. The lowest BCUT2D eigenvalue weighted by Crippen LogP contribution is -2.50. The minimum Gasteiger partial charge on any atom is -0.368 e. The summed E-state index contributed by atoms with van der Waals surface area (Å²) in [5, 5.41) is 0. The molecule has 166 valence electrons. The summed E-state index contributed by atoms with van der Waals surface area (Å²) >= 11 is 1.28. The van der Waals surface area contributed by atoms with Crippen molar-refractivity contribution in [3.63, 3.8) is 0 Å². The standard InChI is InChI=1S/C25H29N5OS/c31-24(30-14-12-29(13-15-30)20-4-2-1-3-5-20)21-17-25(21)8-10-28(11-9-25)18-19-6-7-22-23(16-19)27-32-26-22/h1-7,16,21H,8-15,17-18H2. The van der Waals surface area contributed by atoms with Crippen LogP contribution in [0.1, 0.15) is 24.8 Å². The Kier molecular flexibility index (Phi) is 5.11. The van der Waals surface area contributed by atoms with E-state index in [4.69, 9.17) is 0 Å². The van der Waals surface area contributed by atoms with Gasteiger partial charge in [0, 0.05) is 44.3 Å². The number of nitrogens with zero attached hydrogens (tertiary/aromatic N) is 5. The molecule has 1 spiro atoms. The first-order valence-corrected chi connectivity index (χ1v) is 12.5. The molecule has 1 amide bonds. The van der Waals surface area contributed by atoms with Gasteiger partial charge in [0.05, 0.1) is 11.7 Å². The molecule has 1 unspecified atom stereocenters. The molecule has 0 N–H and O–H groups in total. The normalized spacial score (nSPS) is 23.1. The van der Waals surface area contributed by atoms with Gasteiger partial charge in [-0.1, -0.05) is 24.3 Å². The molecule has 3 aliphatic rings. The molecule has 32 heavy (non-hydrogen) atoms. The van der Waals surface area contributed by atoms with E-state index in [1.807, 2.05) is 0 Å². The van der Waals surface area contributed by atoms with Gasteiger partial charge in [-0.25, -0.2) is 0 Å². The molecule has 7 heteroatoms. The molecule has 0 radical (unpaired) electrons. The fourth-order valence-corrected chi connectivity index (χ4v) is 6.15. The van der Waals surface area contributed by atoms with Crippen LogP contribution in [0.25, 0.3) is 11.0 Å². The Labute approximate surface area is 193 Å². The second-order valence-electron chi connectivity index (χ2n) is 9.63. The summed E-state index contributed by atoms with van der Waals surface area (Å²) in [6, 6.07) is 17.0. The van der Waals surface area contributed by atoms with Gasteiger partial charge in [-0.3, -0.25) is 9.69 Å². The van der Waals surface area contributed by atoms with E-state index in [9.17, 15) is 4.79 Å². The van der Waals surface area contributed by atoms with Gasteiger partial charge in [-0.15, -0.1) is 0 Å². The molecule has 0 bridgehead atoms. The predicted octanol–water partition coefficient (Wildman–Crippen LogP) is 3.64. The zero-order valence-electron chi connectivity index (χ0n) is 18.3. The summed E-state index contributed by atoms with van der Waals surface area (Å²) in [4.78, 5) is 20.3. The molecule has 1 atom stereocenters. The van der Waals surface area contributed by atoms with E-state index in [0.717, 1.165) is 76.1 Å². The van der Waals surface area contributed by atoms with E-state index < -0.39 is 0 Å². The maximum atomic E-state index is 13.2. The van der Waals surface area contributed by atoms with Gasteiger partial charge in [0.1, 0.15) is 11.0 Å². The van der Waals surface area contributed by atoms with Crippen molar-refractivity contribution in [3.8, 4) is 0 Å². The smallest absolute Gasteiger partial charge is 0.226 e. The highest BCUT2D eigenvalue weighted by molar-refractivity contribution is 7.00. The average molecular weight is 448 g/mol. The van der Waals surface area contributed by atoms with Crippen LogP contribution in [-0.2, 0) is 11.3 Å². The Hall–Kier alpha value is -2.51. The average Bonchev–Trinajstić information content (AvgIpc) is 3.33. The number of hydrogen-bond donors (Lipinski definition) is 0. The Bertz CT molecular complexity index is 1100. The maximum Gasteiger partial charge on any atom is 0.226 e. The summed E-state index contributed by atoms with van der Waals surface area (Å²) in [5.41, 5.74) is 4.83. The number of piperazine rings is 1. The molecule has 1 saturated carbocycles. The van der Waals surface area contributed by atoms with E-state index >= 15 is 0 Å². The summed E-state index contributed by atoms with van der Waals surface area (Å²) in [6.45, 7) is 6.69. The van der Waals surface area contributed by atoms with E-state index in [2.05, 4.69) is 72.0 Å². The summed E-state index contributed by atoms with van der Waals surface area (Å²) in [7, 11) is 0. The van der Waals surface area contributed by atoms with Crippen LogP contribution in [0.3, 0.4) is 0 Å². The van der Waals surface area contributed by atoms with E-state index in [-0.39, 0.29) is 11.3 Å². The minimum absolute atomic E-state index is 0.255. The molecule has 1 aliphatic carbocycles. The lowest BCUT2D eigenvalue weighted by molar-refractivity contribution is -0.134. The Morgan fingerprint density at radius 2 is 1.69 bits per heavy atom. The van der Waals surface area contributed by atoms with Crippen LogP contribution in [0.5, 0.6) is 0 Å². The number of hydrogen-bond acceptors (Lipinski definition) is 6. The van der Waals surface area contributed by atoms with Gasteiger partial charge in [0.15, 0.2) is 0 Å². The lowest BCUT2D eigenvalue weighted by atomic mass is 9.90. The van der Waals surface area contributed by atoms with Gasteiger partial charge >= 0.3 is 0 Å². The van der Waals surface area contributed by atoms with Crippen molar-refractivity contribution in [1.82, 2.24) is 18.5 Å². The molecule has 2 aromatic carbocycles. The summed E-state index contributed by atoms with van der Waals surface area (Å²) in [5.74, 6) is 0.665. The minimum atomic E-state index is 0.255. The number of anilines is 1. The Morgan fingerprint density at radius 3 is 2.47 bits per heavy atom. The lowest BCUT2D eigenvalue weighted by Gasteiger charge is -2.37. The molecule has 6 nitrogen and oxygen atoms in total. The molecular weight excluding hydrogens is 418 g/mol. The number of likely N-dealkylation sites (tertiary alicyclic amines) is 1. The van der Waals surface area contributed by atoms with Gasteiger partial charge in [0.25, 0.3) is 0 Å². The molecule has 3 aromatic rings. The van der Waals surface area contributed by atoms with E-state index in [0.29, 0.717) is 5.91 Å².